The van der Waals surface area contributed by atoms with E-state index in [9.17, 15) is 8.78 Å². The minimum atomic E-state index is -0.465. The molecule has 6 heteroatoms. The number of nitrogen functional groups attached to an aromatic ring is 1. The molecule has 0 unspecified atom stereocenters. The van der Waals surface area contributed by atoms with Crippen LogP contribution in [0.4, 0.5) is 14.5 Å². The molecule has 0 amide bonds. The van der Waals surface area contributed by atoms with E-state index in [1.165, 1.54) is 29.5 Å². The third kappa shape index (κ3) is 2.30. The third-order valence-electron chi connectivity index (χ3n) is 2.68. The van der Waals surface area contributed by atoms with Gasteiger partial charge >= 0.3 is 0 Å². The summed E-state index contributed by atoms with van der Waals surface area (Å²) >= 11 is 3.37. The maximum absolute atomic E-state index is 13.6. The monoisotopic (exact) mass is 388 g/mol. The number of nitrogens with zero attached hydrogens (tertiary/aromatic N) is 1. The molecule has 2 nitrogen and oxygen atoms in total. The lowest BCUT2D eigenvalue weighted by molar-refractivity contribution is 0.629. The minimum absolute atomic E-state index is 0.136. The molecule has 0 saturated carbocycles. The highest BCUT2D eigenvalue weighted by Gasteiger charge is 2.11. The molecule has 1 heterocycles. The molecule has 0 radical (unpaired) electrons. The predicted molar refractivity (Wildman–Crippen MR) is 82.1 cm³/mol. The molecule has 0 fully saturated rings. The Morgan fingerprint density at radius 3 is 2.68 bits per heavy atom. The number of benzene rings is 2. The third-order valence-corrected chi connectivity index (χ3v) is 4.65. The van der Waals surface area contributed by atoms with Gasteiger partial charge in [0, 0.05) is 15.2 Å². The Balaban J connectivity index is 2.19. The fourth-order valence-electron chi connectivity index (χ4n) is 1.73. The molecule has 96 valence electrons. The Bertz CT molecular complexity index is 762. The van der Waals surface area contributed by atoms with E-state index in [1.54, 1.807) is 12.1 Å². The van der Waals surface area contributed by atoms with Crippen molar-refractivity contribution in [3.8, 4) is 10.6 Å². The number of fused-ring (bicyclic) bond motifs is 1. The summed E-state index contributed by atoms with van der Waals surface area (Å²) in [5.74, 6) is -0.797. The summed E-state index contributed by atoms with van der Waals surface area (Å²) in [5, 5.41) is 0.650. The molecule has 2 N–H and O–H groups in total. The van der Waals surface area contributed by atoms with Crippen molar-refractivity contribution in [1.82, 2.24) is 4.98 Å². The average molecular weight is 388 g/mol. The van der Waals surface area contributed by atoms with Gasteiger partial charge < -0.3 is 5.73 Å². The first-order chi connectivity index (χ1) is 9.04. The Kier molecular flexibility index (Phi) is 3.14. The molecular weight excluding hydrogens is 381 g/mol. The van der Waals surface area contributed by atoms with E-state index in [4.69, 9.17) is 5.73 Å². The number of nitrogens with two attached hydrogens (primary N) is 1. The van der Waals surface area contributed by atoms with Crippen LogP contribution in [0, 0.1) is 15.2 Å². The lowest BCUT2D eigenvalue weighted by Crippen LogP contribution is -1.94. The zero-order valence-corrected chi connectivity index (χ0v) is 12.4. The zero-order chi connectivity index (χ0) is 13.6. The minimum Gasteiger partial charge on any atom is -0.395 e. The number of thiazole rings is 1. The lowest BCUT2D eigenvalue weighted by Gasteiger charge is -2.02. The van der Waals surface area contributed by atoms with E-state index in [0.29, 0.717) is 19.7 Å². The second-order valence-electron chi connectivity index (χ2n) is 3.98. The summed E-state index contributed by atoms with van der Waals surface area (Å²) in [5.41, 5.74) is 6.94. The van der Waals surface area contributed by atoms with Crippen LogP contribution in [0.15, 0.2) is 30.3 Å². The summed E-state index contributed by atoms with van der Waals surface area (Å²) in [6.07, 6.45) is 0. The molecule has 3 aromatic rings. The average Bonchev–Trinajstić information content (AvgIpc) is 2.78. The topological polar surface area (TPSA) is 38.9 Å². The number of rotatable bonds is 1. The fourth-order valence-corrected chi connectivity index (χ4v) is 3.26. The molecule has 0 spiro atoms. The maximum atomic E-state index is 13.6. The van der Waals surface area contributed by atoms with Crippen molar-refractivity contribution in [2.45, 2.75) is 0 Å². The number of hydrogen-bond donors (Lipinski definition) is 1. The molecule has 0 aliphatic rings. The van der Waals surface area contributed by atoms with E-state index >= 15 is 0 Å². The Hall–Kier alpha value is -1.28. The predicted octanol–water partition coefficient (Wildman–Crippen LogP) is 4.43. The summed E-state index contributed by atoms with van der Waals surface area (Å²) in [4.78, 5) is 4.32. The fraction of sp³-hybridized carbons (Fsp3) is 0. The summed E-state index contributed by atoms with van der Waals surface area (Å²) in [7, 11) is 0. The first-order valence-corrected chi connectivity index (χ1v) is 7.25. The van der Waals surface area contributed by atoms with Gasteiger partial charge in [-0.25, -0.2) is 13.8 Å². The molecule has 0 bridgehead atoms. The lowest BCUT2D eigenvalue weighted by atomic mass is 10.2. The number of hydrogen-bond acceptors (Lipinski definition) is 3. The van der Waals surface area contributed by atoms with Crippen molar-refractivity contribution in [1.29, 1.82) is 0 Å². The Labute approximate surface area is 125 Å². The standard InChI is InChI=1S/C13H7F2IN2S/c14-7-1-2-11-10(5-7)18-13(19-11)6-3-8(15)12(17)9(16)4-6/h1-5H,17H2. The first-order valence-electron chi connectivity index (χ1n) is 5.35. The second-order valence-corrected chi connectivity index (χ2v) is 6.18. The maximum Gasteiger partial charge on any atom is 0.147 e. The molecule has 0 saturated heterocycles. The smallest absolute Gasteiger partial charge is 0.147 e. The van der Waals surface area contributed by atoms with E-state index < -0.39 is 5.82 Å². The van der Waals surface area contributed by atoms with Gasteiger partial charge in [0.05, 0.1) is 15.9 Å². The van der Waals surface area contributed by atoms with Gasteiger partial charge in [0.25, 0.3) is 0 Å². The molecule has 19 heavy (non-hydrogen) atoms. The summed E-state index contributed by atoms with van der Waals surface area (Å²) < 4.78 is 28.3. The van der Waals surface area contributed by atoms with E-state index in [1.807, 2.05) is 22.6 Å². The number of anilines is 1. The second kappa shape index (κ2) is 4.68. The van der Waals surface area contributed by atoms with Gasteiger partial charge in [0.1, 0.15) is 16.6 Å². The zero-order valence-electron chi connectivity index (χ0n) is 9.45. The molecule has 2 aromatic carbocycles. The van der Waals surface area contributed by atoms with Gasteiger partial charge in [0.2, 0.25) is 0 Å². The van der Waals surface area contributed by atoms with Crippen LogP contribution in [0.3, 0.4) is 0 Å². The van der Waals surface area contributed by atoms with Gasteiger partial charge in [0.15, 0.2) is 0 Å². The van der Waals surface area contributed by atoms with Crippen LogP contribution in [0.2, 0.25) is 0 Å². The van der Waals surface area contributed by atoms with Gasteiger partial charge in [-0.1, -0.05) is 0 Å². The molecule has 0 atom stereocenters. The summed E-state index contributed by atoms with van der Waals surface area (Å²) in [6, 6.07) is 7.55. The Morgan fingerprint density at radius 1 is 1.16 bits per heavy atom. The molecule has 0 aliphatic carbocycles. The van der Waals surface area contributed by atoms with Crippen molar-refractivity contribution in [3.63, 3.8) is 0 Å². The highest BCUT2D eigenvalue weighted by Crippen LogP contribution is 2.33. The van der Waals surface area contributed by atoms with Crippen LogP contribution in [0.25, 0.3) is 20.8 Å². The quantitative estimate of drug-likeness (QED) is 0.495. The first kappa shape index (κ1) is 12.7. The Morgan fingerprint density at radius 2 is 1.95 bits per heavy atom. The van der Waals surface area contributed by atoms with Crippen molar-refractivity contribution < 1.29 is 8.78 Å². The highest BCUT2D eigenvalue weighted by molar-refractivity contribution is 14.1. The van der Waals surface area contributed by atoms with Gasteiger partial charge in [-0.15, -0.1) is 11.3 Å². The van der Waals surface area contributed by atoms with Crippen LogP contribution < -0.4 is 5.73 Å². The SMILES string of the molecule is Nc1c(F)cc(-c2nc3cc(F)ccc3s2)cc1I. The molecule has 1 aromatic heterocycles. The van der Waals surface area contributed by atoms with Gasteiger partial charge in [-0.3, -0.25) is 0 Å². The van der Waals surface area contributed by atoms with E-state index in [2.05, 4.69) is 4.98 Å². The van der Waals surface area contributed by atoms with Crippen LogP contribution >= 0.6 is 33.9 Å². The highest BCUT2D eigenvalue weighted by atomic mass is 127. The van der Waals surface area contributed by atoms with Crippen LogP contribution in [-0.2, 0) is 0 Å². The van der Waals surface area contributed by atoms with Crippen molar-refractivity contribution >= 4 is 49.8 Å². The molecule has 0 aliphatic heterocycles. The van der Waals surface area contributed by atoms with E-state index in [-0.39, 0.29) is 11.5 Å². The van der Waals surface area contributed by atoms with Crippen LogP contribution in [0.1, 0.15) is 0 Å². The van der Waals surface area contributed by atoms with Gasteiger partial charge in [-0.05, 0) is 46.9 Å². The van der Waals surface area contributed by atoms with Crippen LogP contribution in [0.5, 0.6) is 0 Å². The van der Waals surface area contributed by atoms with Crippen molar-refractivity contribution in [2.24, 2.45) is 0 Å². The van der Waals surface area contributed by atoms with Crippen molar-refractivity contribution in [3.05, 3.63) is 45.5 Å². The number of halogens is 3. The summed E-state index contributed by atoms with van der Waals surface area (Å²) in [6.45, 7) is 0. The largest absolute Gasteiger partial charge is 0.395 e. The molecule has 3 rings (SSSR count). The van der Waals surface area contributed by atoms with Crippen LogP contribution in [-0.4, -0.2) is 4.98 Å². The van der Waals surface area contributed by atoms with Crippen molar-refractivity contribution in [2.75, 3.05) is 5.73 Å². The normalized spacial score (nSPS) is 11.1. The molecular formula is C13H7F2IN2S. The van der Waals surface area contributed by atoms with Gasteiger partial charge in [-0.2, -0.15) is 0 Å². The van der Waals surface area contributed by atoms with E-state index in [0.717, 1.165) is 4.70 Å². The number of aromatic nitrogens is 1.